The molecule has 7 nitrogen and oxygen atoms in total. The Bertz CT molecular complexity index is 583. The van der Waals surface area contributed by atoms with E-state index < -0.39 is 0 Å². The van der Waals surface area contributed by atoms with E-state index in [0.717, 1.165) is 0 Å². The van der Waals surface area contributed by atoms with Crippen molar-refractivity contribution >= 4 is 17.7 Å². The summed E-state index contributed by atoms with van der Waals surface area (Å²) >= 11 is 0. The molecule has 25 heavy (non-hydrogen) atoms. The smallest absolute Gasteiger partial charge is 0.409 e. The topological polar surface area (TPSA) is 71.1 Å². The van der Waals surface area contributed by atoms with E-state index in [0.29, 0.717) is 44.2 Å². The molecule has 0 unspecified atom stereocenters. The van der Waals surface area contributed by atoms with Gasteiger partial charge in [-0.1, -0.05) is 12.1 Å². The maximum absolute atomic E-state index is 12.3. The summed E-state index contributed by atoms with van der Waals surface area (Å²) in [6.07, 6.45) is -0.250. The van der Waals surface area contributed by atoms with Crippen LogP contribution in [0.15, 0.2) is 24.3 Å². The first-order valence-corrected chi connectivity index (χ1v) is 8.69. The first-order valence-electron chi connectivity index (χ1n) is 8.69. The number of amides is 2. The maximum Gasteiger partial charge on any atom is 0.409 e. The minimum absolute atomic E-state index is 0.0361. The second kappa shape index (κ2) is 9.27. The molecule has 2 rings (SSSR count). The van der Waals surface area contributed by atoms with Crippen molar-refractivity contribution in [3.63, 3.8) is 0 Å². The van der Waals surface area contributed by atoms with Crippen molar-refractivity contribution in [1.29, 1.82) is 0 Å². The van der Waals surface area contributed by atoms with Gasteiger partial charge in [-0.3, -0.25) is 9.69 Å². The number of hydrogen-bond donors (Lipinski definition) is 1. The minimum atomic E-state index is -0.286. The average molecular weight is 349 g/mol. The number of nitrogens with one attached hydrogen (secondary N) is 1. The molecule has 0 atom stereocenters. The highest BCUT2D eigenvalue weighted by Gasteiger charge is 2.23. The van der Waals surface area contributed by atoms with Gasteiger partial charge in [0.15, 0.2) is 0 Å². The Labute approximate surface area is 148 Å². The van der Waals surface area contributed by atoms with Crippen LogP contribution in [0.2, 0.25) is 0 Å². The Morgan fingerprint density at radius 1 is 1.16 bits per heavy atom. The molecule has 1 aliphatic rings. The lowest BCUT2D eigenvalue weighted by atomic mass is 10.2. The van der Waals surface area contributed by atoms with Crippen molar-refractivity contribution in [2.24, 2.45) is 0 Å². The van der Waals surface area contributed by atoms with Gasteiger partial charge >= 0.3 is 6.09 Å². The monoisotopic (exact) mass is 349 g/mol. The predicted molar refractivity (Wildman–Crippen MR) is 95.9 cm³/mol. The molecule has 0 aromatic heterocycles. The molecule has 0 spiro atoms. The number of para-hydroxylation sites is 2. The van der Waals surface area contributed by atoms with E-state index in [1.807, 2.05) is 43.0 Å². The van der Waals surface area contributed by atoms with Crippen LogP contribution in [0, 0.1) is 0 Å². The number of nitrogens with zero attached hydrogens (tertiary/aromatic N) is 2. The van der Waals surface area contributed by atoms with Crippen LogP contribution in [-0.4, -0.2) is 67.2 Å². The lowest BCUT2D eigenvalue weighted by molar-refractivity contribution is -0.117. The van der Waals surface area contributed by atoms with Crippen molar-refractivity contribution in [3.05, 3.63) is 24.3 Å². The van der Waals surface area contributed by atoms with Crippen LogP contribution in [0.1, 0.15) is 20.8 Å². The molecule has 1 saturated heterocycles. The highest BCUT2D eigenvalue weighted by Crippen LogP contribution is 2.24. The van der Waals surface area contributed by atoms with Gasteiger partial charge in [0.05, 0.1) is 24.9 Å². The van der Waals surface area contributed by atoms with Crippen LogP contribution in [0.25, 0.3) is 0 Å². The molecule has 7 heteroatoms. The highest BCUT2D eigenvalue weighted by molar-refractivity contribution is 5.93. The fourth-order valence-corrected chi connectivity index (χ4v) is 2.62. The Kier molecular flexibility index (Phi) is 7.06. The third kappa shape index (κ3) is 5.94. The van der Waals surface area contributed by atoms with Crippen LogP contribution in [-0.2, 0) is 9.53 Å². The molecule has 0 radical (unpaired) electrons. The van der Waals surface area contributed by atoms with Gasteiger partial charge in [0.1, 0.15) is 5.75 Å². The van der Waals surface area contributed by atoms with Crippen LogP contribution < -0.4 is 10.1 Å². The van der Waals surface area contributed by atoms with Gasteiger partial charge in [-0.15, -0.1) is 0 Å². The first kappa shape index (κ1) is 19.1. The summed E-state index contributed by atoms with van der Waals surface area (Å²) in [7, 11) is 0. The van der Waals surface area contributed by atoms with Gasteiger partial charge in [-0.05, 0) is 32.9 Å². The van der Waals surface area contributed by atoms with Gasteiger partial charge in [0, 0.05) is 26.2 Å². The zero-order valence-electron chi connectivity index (χ0n) is 15.2. The lowest BCUT2D eigenvalue weighted by Crippen LogP contribution is -2.50. The van der Waals surface area contributed by atoms with E-state index in [-0.39, 0.29) is 24.6 Å². The summed E-state index contributed by atoms with van der Waals surface area (Å²) in [6, 6.07) is 7.41. The van der Waals surface area contributed by atoms with E-state index in [4.69, 9.17) is 9.47 Å². The van der Waals surface area contributed by atoms with E-state index in [1.54, 1.807) is 11.8 Å². The molecule has 2 amide bonds. The van der Waals surface area contributed by atoms with Gasteiger partial charge in [0.25, 0.3) is 0 Å². The summed E-state index contributed by atoms with van der Waals surface area (Å²) in [6.45, 7) is 8.78. The Morgan fingerprint density at radius 2 is 1.84 bits per heavy atom. The summed E-state index contributed by atoms with van der Waals surface area (Å²) in [5, 5.41) is 2.91. The molecule has 0 saturated carbocycles. The van der Waals surface area contributed by atoms with E-state index in [2.05, 4.69) is 5.32 Å². The fraction of sp³-hybridized carbons (Fsp3) is 0.556. The normalized spacial score (nSPS) is 15.1. The molecule has 1 fully saturated rings. The maximum atomic E-state index is 12.3. The first-order chi connectivity index (χ1) is 12.0. The van der Waals surface area contributed by atoms with E-state index >= 15 is 0 Å². The minimum Gasteiger partial charge on any atom is -0.489 e. The van der Waals surface area contributed by atoms with Gasteiger partial charge in [-0.25, -0.2) is 4.79 Å². The van der Waals surface area contributed by atoms with Crippen molar-refractivity contribution < 1.29 is 19.1 Å². The van der Waals surface area contributed by atoms with Crippen molar-refractivity contribution in [2.75, 3.05) is 44.6 Å². The number of ether oxygens (including phenoxy) is 2. The fourth-order valence-electron chi connectivity index (χ4n) is 2.62. The second-order valence-corrected chi connectivity index (χ2v) is 6.17. The van der Waals surface area contributed by atoms with Crippen molar-refractivity contribution in [3.8, 4) is 5.75 Å². The van der Waals surface area contributed by atoms with Crippen LogP contribution in [0.3, 0.4) is 0 Å². The average Bonchev–Trinajstić information content (AvgIpc) is 2.57. The van der Waals surface area contributed by atoms with Gasteiger partial charge in [0.2, 0.25) is 5.91 Å². The third-order valence-corrected chi connectivity index (χ3v) is 3.79. The summed E-state index contributed by atoms with van der Waals surface area (Å²) in [4.78, 5) is 27.7. The quantitative estimate of drug-likeness (QED) is 0.852. The predicted octanol–water partition coefficient (Wildman–Crippen LogP) is 2.19. The van der Waals surface area contributed by atoms with Crippen molar-refractivity contribution in [1.82, 2.24) is 9.80 Å². The number of anilines is 1. The Morgan fingerprint density at radius 3 is 2.48 bits per heavy atom. The molecule has 138 valence electrons. The molecule has 0 aliphatic carbocycles. The molecule has 1 N–H and O–H groups in total. The van der Waals surface area contributed by atoms with Gasteiger partial charge in [-0.2, -0.15) is 0 Å². The molecule has 1 aromatic carbocycles. The highest BCUT2D eigenvalue weighted by atomic mass is 16.6. The molecular weight excluding hydrogens is 322 g/mol. The van der Waals surface area contributed by atoms with Crippen molar-refractivity contribution in [2.45, 2.75) is 26.9 Å². The van der Waals surface area contributed by atoms with Crippen LogP contribution in [0.4, 0.5) is 10.5 Å². The molecule has 1 aliphatic heterocycles. The largest absolute Gasteiger partial charge is 0.489 e. The number of hydrogen-bond acceptors (Lipinski definition) is 5. The SMILES string of the molecule is CCOC(=O)N1CCN(CC(=O)Nc2ccccc2OC(C)C)CC1. The summed E-state index contributed by atoms with van der Waals surface area (Å²) in [5.74, 6) is 0.572. The van der Waals surface area contributed by atoms with E-state index in [9.17, 15) is 9.59 Å². The number of rotatable bonds is 6. The Hall–Kier alpha value is -2.28. The van der Waals surface area contributed by atoms with Crippen LogP contribution >= 0.6 is 0 Å². The summed E-state index contributed by atoms with van der Waals surface area (Å²) < 4.78 is 10.7. The number of carbonyl (C=O) groups is 2. The zero-order valence-corrected chi connectivity index (χ0v) is 15.2. The van der Waals surface area contributed by atoms with Crippen LogP contribution in [0.5, 0.6) is 5.75 Å². The second-order valence-electron chi connectivity index (χ2n) is 6.17. The van der Waals surface area contributed by atoms with Gasteiger partial charge < -0.3 is 19.7 Å². The number of benzene rings is 1. The molecule has 1 aromatic rings. The molecule has 0 bridgehead atoms. The number of piperazine rings is 1. The van der Waals surface area contributed by atoms with E-state index in [1.165, 1.54) is 0 Å². The standard InChI is InChI=1S/C18H27N3O4/c1-4-24-18(23)21-11-9-20(10-12-21)13-17(22)19-15-7-5-6-8-16(15)25-14(2)3/h5-8,14H,4,9-13H2,1-3H3,(H,19,22). The Balaban J connectivity index is 1.83. The lowest BCUT2D eigenvalue weighted by Gasteiger charge is -2.33. The summed E-state index contributed by atoms with van der Waals surface area (Å²) in [5.41, 5.74) is 0.673. The number of carbonyl (C=O) groups excluding carboxylic acids is 2. The third-order valence-electron chi connectivity index (χ3n) is 3.79. The zero-order chi connectivity index (χ0) is 18.2. The molecule has 1 heterocycles. The molecular formula is C18H27N3O4.